The Hall–Kier alpha value is -1.32. The first-order chi connectivity index (χ1) is 5.41. The lowest BCUT2D eigenvalue weighted by Gasteiger charge is -2.29. The van der Waals surface area contributed by atoms with Crippen molar-refractivity contribution in [2.24, 2.45) is 0 Å². The normalized spacial score (nSPS) is 20.6. The largest absolute Gasteiger partial charge is 0.449 e. The van der Waals surface area contributed by atoms with E-state index in [1.165, 1.54) is 6.92 Å². The van der Waals surface area contributed by atoms with Crippen LogP contribution >= 0.6 is 0 Å². The molecule has 0 unspecified atom stereocenters. The number of cyclic esters (lactones) is 1. The summed E-state index contributed by atoms with van der Waals surface area (Å²) in [5.74, 6) is -1.81. The van der Waals surface area contributed by atoms with Crippen molar-refractivity contribution in [3.63, 3.8) is 0 Å². The summed E-state index contributed by atoms with van der Waals surface area (Å²) >= 11 is 0. The third kappa shape index (κ3) is 1.84. The first kappa shape index (κ1) is 8.77. The van der Waals surface area contributed by atoms with Gasteiger partial charge in [-0.1, -0.05) is 0 Å². The van der Waals surface area contributed by atoms with Crippen LogP contribution in [-0.2, 0) is 19.1 Å². The van der Waals surface area contributed by atoms with Crippen LogP contribution in [-0.4, -0.2) is 17.5 Å². The molecular weight excluding hydrogens is 160 g/mol. The average Bonchev–Trinajstić information content (AvgIpc) is 1.82. The van der Waals surface area contributed by atoms with Gasteiger partial charge in [-0.05, 0) is 0 Å². The lowest BCUT2D eigenvalue weighted by Crippen LogP contribution is -2.35. The van der Waals surface area contributed by atoms with Gasteiger partial charge in [0, 0.05) is 20.8 Å². The van der Waals surface area contributed by atoms with E-state index in [9.17, 15) is 9.59 Å². The van der Waals surface area contributed by atoms with Gasteiger partial charge in [-0.3, -0.25) is 4.79 Å². The Labute approximate surface area is 70.1 Å². The number of allylic oxidation sites excluding steroid dienone is 1. The molecule has 0 aromatic heterocycles. The lowest BCUT2D eigenvalue weighted by molar-refractivity contribution is -0.205. The minimum Gasteiger partial charge on any atom is -0.449 e. The zero-order valence-electron chi connectivity index (χ0n) is 7.21. The SMILES string of the molecule is CC(=O)C1=CC(=O)OC(C)(C)O1. The molecule has 66 valence electrons. The maximum Gasteiger partial charge on any atom is 0.337 e. The fourth-order valence-electron chi connectivity index (χ4n) is 0.867. The van der Waals surface area contributed by atoms with Crippen molar-refractivity contribution in [2.75, 3.05) is 0 Å². The molecule has 0 saturated heterocycles. The third-order valence-electron chi connectivity index (χ3n) is 1.30. The second-order valence-corrected chi connectivity index (χ2v) is 2.99. The van der Waals surface area contributed by atoms with Crippen LogP contribution in [0.2, 0.25) is 0 Å². The summed E-state index contributed by atoms with van der Waals surface area (Å²) in [4.78, 5) is 21.7. The quantitative estimate of drug-likeness (QED) is 0.545. The summed E-state index contributed by atoms with van der Waals surface area (Å²) in [6, 6.07) is 0. The number of Topliss-reactive ketones (excluding diaryl/α,β-unsaturated/α-hetero) is 1. The van der Waals surface area contributed by atoms with Gasteiger partial charge in [-0.15, -0.1) is 0 Å². The van der Waals surface area contributed by atoms with Crippen LogP contribution in [0.5, 0.6) is 0 Å². The summed E-state index contributed by atoms with van der Waals surface area (Å²) in [6.45, 7) is 4.47. The molecule has 4 nitrogen and oxygen atoms in total. The number of esters is 1. The second kappa shape index (κ2) is 2.62. The minimum absolute atomic E-state index is 0.0521. The van der Waals surface area contributed by atoms with Gasteiger partial charge in [0.2, 0.25) is 5.79 Å². The Morgan fingerprint density at radius 3 is 2.42 bits per heavy atom. The lowest BCUT2D eigenvalue weighted by atomic mass is 10.2. The number of ketones is 1. The van der Waals surface area contributed by atoms with E-state index < -0.39 is 11.8 Å². The first-order valence-electron chi connectivity index (χ1n) is 3.55. The number of carbonyl (C=O) groups excluding carboxylic acids is 2. The third-order valence-corrected chi connectivity index (χ3v) is 1.30. The Morgan fingerprint density at radius 1 is 1.42 bits per heavy atom. The smallest absolute Gasteiger partial charge is 0.337 e. The van der Waals surface area contributed by atoms with Gasteiger partial charge in [0.15, 0.2) is 11.5 Å². The molecule has 0 amide bonds. The molecule has 0 aromatic carbocycles. The van der Waals surface area contributed by atoms with E-state index >= 15 is 0 Å². The van der Waals surface area contributed by atoms with Gasteiger partial charge in [-0.25, -0.2) is 4.79 Å². The molecule has 0 fully saturated rings. The number of rotatable bonds is 1. The molecule has 0 spiro atoms. The van der Waals surface area contributed by atoms with Crippen LogP contribution in [0.3, 0.4) is 0 Å². The molecule has 0 atom stereocenters. The maximum absolute atomic E-state index is 10.9. The van der Waals surface area contributed by atoms with Crippen molar-refractivity contribution >= 4 is 11.8 Å². The molecule has 0 bridgehead atoms. The maximum atomic E-state index is 10.9. The molecule has 1 aliphatic heterocycles. The Bertz CT molecular complexity index is 262. The average molecular weight is 170 g/mol. The highest BCUT2D eigenvalue weighted by atomic mass is 16.7. The molecule has 1 rings (SSSR count). The van der Waals surface area contributed by atoms with Crippen molar-refractivity contribution in [3.05, 3.63) is 11.8 Å². The summed E-state index contributed by atoms with van der Waals surface area (Å²) in [5, 5.41) is 0. The molecule has 0 N–H and O–H groups in total. The van der Waals surface area contributed by atoms with E-state index in [4.69, 9.17) is 9.47 Å². The van der Waals surface area contributed by atoms with Gasteiger partial charge >= 0.3 is 5.97 Å². The van der Waals surface area contributed by atoms with Gasteiger partial charge < -0.3 is 9.47 Å². The fraction of sp³-hybridized carbons (Fsp3) is 0.500. The number of ether oxygens (including phenoxy) is 2. The van der Waals surface area contributed by atoms with E-state index in [-0.39, 0.29) is 11.5 Å². The molecule has 0 radical (unpaired) electrons. The number of hydrogen-bond donors (Lipinski definition) is 0. The predicted octanol–water partition coefficient (Wildman–Crippen LogP) is 0.769. The van der Waals surface area contributed by atoms with E-state index in [0.29, 0.717) is 0 Å². The molecule has 12 heavy (non-hydrogen) atoms. The van der Waals surface area contributed by atoms with Crippen LogP contribution in [0, 0.1) is 0 Å². The molecule has 1 aliphatic rings. The van der Waals surface area contributed by atoms with Crippen molar-refractivity contribution in [3.8, 4) is 0 Å². The standard InChI is InChI=1S/C8H10O4/c1-5(9)6-4-7(10)12-8(2,3)11-6/h4H,1-3H3. The Kier molecular flexibility index (Phi) is 1.92. The Balaban J connectivity index is 2.91. The molecule has 0 aromatic rings. The van der Waals surface area contributed by atoms with Gasteiger partial charge in [0.1, 0.15) is 0 Å². The molecule has 1 heterocycles. The van der Waals surface area contributed by atoms with Crippen LogP contribution in [0.15, 0.2) is 11.8 Å². The monoisotopic (exact) mass is 170 g/mol. The van der Waals surface area contributed by atoms with E-state index in [0.717, 1.165) is 6.08 Å². The van der Waals surface area contributed by atoms with E-state index in [1.54, 1.807) is 13.8 Å². The van der Waals surface area contributed by atoms with Crippen LogP contribution in [0.1, 0.15) is 20.8 Å². The number of carbonyl (C=O) groups is 2. The summed E-state index contributed by atoms with van der Waals surface area (Å²) < 4.78 is 9.84. The van der Waals surface area contributed by atoms with Crippen LogP contribution in [0.4, 0.5) is 0 Å². The fourth-order valence-corrected chi connectivity index (χ4v) is 0.867. The van der Waals surface area contributed by atoms with Crippen molar-refractivity contribution in [1.29, 1.82) is 0 Å². The van der Waals surface area contributed by atoms with E-state index in [1.807, 2.05) is 0 Å². The van der Waals surface area contributed by atoms with Crippen molar-refractivity contribution in [2.45, 2.75) is 26.6 Å². The van der Waals surface area contributed by atoms with Crippen LogP contribution < -0.4 is 0 Å². The van der Waals surface area contributed by atoms with Gasteiger partial charge in [0.05, 0.1) is 6.08 Å². The molecule has 0 saturated carbocycles. The predicted molar refractivity (Wildman–Crippen MR) is 40.0 cm³/mol. The first-order valence-corrected chi connectivity index (χ1v) is 3.55. The molecular formula is C8H10O4. The minimum atomic E-state index is -1.03. The molecule has 4 heteroatoms. The highest BCUT2D eigenvalue weighted by molar-refractivity contribution is 5.98. The summed E-state index contributed by atoms with van der Waals surface area (Å²) in [7, 11) is 0. The Morgan fingerprint density at radius 2 is 2.00 bits per heavy atom. The second-order valence-electron chi connectivity index (χ2n) is 2.99. The van der Waals surface area contributed by atoms with Gasteiger partial charge in [-0.2, -0.15) is 0 Å². The van der Waals surface area contributed by atoms with Crippen molar-refractivity contribution in [1.82, 2.24) is 0 Å². The zero-order chi connectivity index (χ0) is 9.35. The topological polar surface area (TPSA) is 52.6 Å². The number of hydrogen-bond acceptors (Lipinski definition) is 4. The summed E-state index contributed by atoms with van der Waals surface area (Å²) in [6.07, 6.45) is 1.05. The van der Waals surface area contributed by atoms with Crippen LogP contribution in [0.25, 0.3) is 0 Å². The van der Waals surface area contributed by atoms with Gasteiger partial charge in [0.25, 0.3) is 0 Å². The van der Waals surface area contributed by atoms with E-state index in [2.05, 4.69) is 0 Å². The highest BCUT2D eigenvalue weighted by Gasteiger charge is 2.31. The van der Waals surface area contributed by atoms with Crippen molar-refractivity contribution < 1.29 is 19.1 Å². The summed E-state index contributed by atoms with van der Waals surface area (Å²) in [5.41, 5.74) is 0. The zero-order valence-corrected chi connectivity index (χ0v) is 7.21. The highest BCUT2D eigenvalue weighted by Crippen LogP contribution is 2.21. The molecule has 0 aliphatic carbocycles.